The van der Waals surface area contributed by atoms with E-state index in [1.54, 1.807) is 0 Å². The predicted octanol–water partition coefficient (Wildman–Crippen LogP) is 5.12. The second kappa shape index (κ2) is 12.5. The molecular weight excluding hydrogens is 328 g/mol. The van der Waals surface area contributed by atoms with Gasteiger partial charge in [0, 0.05) is 5.92 Å². The molecule has 0 heterocycles. The average molecular weight is 363 g/mol. The summed E-state index contributed by atoms with van der Waals surface area (Å²) < 4.78 is 10.8. The number of rotatable bonds is 12. The number of hydrogen-bond donors (Lipinski definition) is 0. The number of esters is 2. The van der Waals surface area contributed by atoms with E-state index in [-0.39, 0.29) is 5.92 Å². The summed E-state index contributed by atoms with van der Waals surface area (Å²) in [6.07, 6.45) is 4.19. The minimum atomic E-state index is -0.909. The van der Waals surface area contributed by atoms with Crippen LogP contribution >= 0.6 is 0 Å². The molecule has 0 spiro atoms. The Labute approximate surface area is 158 Å². The van der Waals surface area contributed by atoms with E-state index in [2.05, 4.69) is 13.8 Å². The molecule has 1 rings (SSSR count). The molecule has 0 fully saturated rings. The van der Waals surface area contributed by atoms with Crippen LogP contribution in [0.4, 0.5) is 0 Å². The first kappa shape index (κ1) is 22.2. The lowest BCUT2D eigenvalue weighted by atomic mass is 9.80. The summed E-state index contributed by atoms with van der Waals surface area (Å²) in [6, 6.07) is 9.75. The normalized spacial score (nSPS) is 12.2. The third kappa shape index (κ3) is 7.59. The summed E-state index contributed by atoms with van der Waals surface area (Å²) in [5, 5.41) is 0. The van der Waals surface area contributed by atoms with Gasteiger partial charge in [-0.25, -0.2) is 0 Å². The van der Waals surface area contributed by atoms with Crippen LogP contribution in [-0.4, -0.2) is 25.2 Å². The van der Waals surface area contributed by atoms with Gasteiger partial charge in [-0.05, 0) is 30.7 Å². The lowest BCUT2D eigenvalue weighted by Gasteiger charge is -2.26. The first-order valence-electron chi connectivity index (χ1n) is 9.89. The van der Waals surface area contributed by atoms with Gasteiger partial charge in [-0.3, -0.25) is 9.59 Å². The predicted molar refractivity (Wildman–Crippen MR) is 104 cm³/mol. The van der Waals surface area contributed by atoms with Gasteiger partial charge in [0.2, 0.25) is 0 Å². The van der Waals surface area contributed by atoms with Gasteiger partial charge in [-0.1, -0.05) is 70.9 Å². The SMILES string of the molecule is CCCCOC(=O)C(C(=O)OCCCC)C(CC(C)C)c1ccccc1. The second-order valence-corrected chi connectivity index (χ2v) is 7.17. The van der Waals surface area contributed by atoms with Crippen molar-refractivity contribution in [3.8, 4) is 0 Å². The quantitative estimate of drug-likeness (QED) is 0.294. The molecule has 0 bridgehead atoms. The summed E-state index contributed by atoms with van der Waals surface area (Å²) in [5.74, 6) is -1.73. The summed E-state index contributed by atoms with van der Waals surface area (Å²) in [4.78, 5) is 25.5. The Kier molecular flexibility index (Phi) is 10.7. The molecule has 1 atom stereocenters. The van der Waals surface area contributed by atoms with E-state index in [0.29, 0.717) is 19.1 Å². The molecule has 0 aliphatic carbocycles. The van der Waals surface area contributed by atoms with E-state index in [0.717, 1.165) is 37.7 Å². The molecular formula is C22H34O4. The maximum atomic E-state index is 12.8. The Morgan fingerprint density at radius 1 is 0.885 bits per heavy atom. The van der Waals surface area contributed by atoms with E-state index in [1.807, 2.05) is 44.2 Å². The Bertz CT molecular complexity index is 502. The highest BCUT2D eigenvalue weighted by molar-refractivity contribution is 5.96. The van der Waals surface area contributed by atoms with Crippen molar-refractivity contribution in [2.75, 3.05) is 13.2 Å². The van der Waals surface area contributed by atoms with Gasteiger partial charge in [-0.15, -0.1) is 0 Å². The van der Waals surface area contributed by atoms with E-state index < -0.39 is 17.9 Å². The molecule has 0 aromatic heterocycles. The molecule has 1 unspecified atom stereocenters. The Balaban J connectivity index is 3.06. The van der Waals surface area contributed by atoms with Crippen LogP contribution in [0.3, 0.4) is 0 Å². The fourth-order valence-electron chi connectivity index (χ4n) is 2.91. The molecule has 0 radical (unpaired) electrons. The van der Waals surface area contributed by atoms with Crippen LogP contribution in [0.15, 0.2) is 30.3 Å². The lowest BCUT2D eigenvalue weighted by Crippen LogP contribution is -2.34. The zero-order valence-corrected chi connectivity index (χ0v) is 16.7. The van der Waals surface area contributed by atoms with Crippen LogP contribution in [0.5, 0.6) is 0 Å². The molecule has 0 amide bonds. The van der Waals surface area contributed by atoms with Crippen LogP contribution < -0.4 is 0 Å². The van der Waals surface area contributed by atoms with Gasteiger partial charge in [0.25, 0.3) is 0 Å². The summed E-state index contributed by atoms with van der Waals surface area (Å²) in [7, 11) is 0. The summed E-state index contributed by atoms with van der Waals surface area (Å²) in [5.41, 5.74) is 0.978. The number of hydrogen-bond acceptors (Lipinski definition) is 4. The zero-order valence-electron chi connectivity index (χ0n) is 16.7. The highest BCUT2D eigenvalue weighted by atomic mass is 16.6. The Morgan fingerprint density at radius 2 is 1.38 bits per heavy atom. The topological polar surface area (TPSA) is 52.6 Å². The molecule has 0 aliphatic heterocycles. The number of ether oxygens (including phenoxy) is 2. The summed E-state index contributed by atoms with van der Waals surface area (Å²) >= 11 is 0. The van der Waals surface area contributed by atoms with Crippen LogP contribution in [0, 0.1) is 11.8 Å². The minimum absolute atomic E-state index is 0.237. The third-order valence-electron chi connectivity index (χ3n) is 4.35. The van der Waals surface area contributed by atoms with E-state index >= 15 is 0 Å². The maximum absolute atomic E-state index is 12.8. The van der Waals surface area contributed by atoms with Crippen molar-refractivity contribution in [3.05, 3.63) is 35.9 Å². The second-order valence-electron chi connectivity index (χ2n) is 7.17. The first-order chi connectivity index (χ1) is 12.5. The van der Waals surface area contributed by atoms with Gasteiger partial charge in [0.15, 0.2) is 5.92 Å². The van der Waals surface area contributed by atoms with E-state index in [9.17, 15) is 9.59 Å². The number of unbranched alkanes of at least 4 members (excludes halogenated alkanes) is 2. The standard InChI is InChI=1S/C22H34O4/c1-5-7-14-25-21(23)20(22(24)26-15-8-6-2)19(16-17(3)4)18-12-10-9-11-13-18/h9-13,17,19-20H,5-8,14-16H2,1-4H3. The molecule has 0 aliphatic rings. The van der Waals surface area contributed by atoms with Crippen molar-refractivity contribution < 1.29 is 19.1 Å². The molecule has 0 saturated carbocycles. The van der Waals surface area contributed by atoms with Crippen molar-refractivity contribution in [1.82, 2.24) is 0 Å². The van der Waals surface area contributed by atoms with Gasteiger partial charge >= 0.3 is 11.9 Å². The van der Waals surface area contributed by atoms with E-state index in [4.69, 9.17) is 9.47 Å². The van der Waals surface area contributed by atoms with Crippen molar-refractivity contribution in [1.29, 1.82) is 0 Å². The molecule has 4 heteroatoms. The lowest BCUT2D eigenvalue weighted by molar-refractivity contribution is -0.163. The van der Waals surface area contributed by atoms with Gasteiger partial charge in [-0.2, -0.15) is 0 Å². The molecule has 4 nitrogen and oxygen atoms in total. The minimum Gasteiger partial charge on any atom is -0.465 e. The summed E-state index contributed by atoms with van der Waals surface area (Å²) in [6.45, 7) is 8.95. The number of benzene rings is 1. The molecule has 0 N–H and O–H groups in total. The highest BCUT2D eigenvalue weighted by Crippen LogP contribution is 2.33. The van der Waals surface area contributed by atoms with Crippen molar-refractivity contribution >= 4 is 11.9 Å². The van der Waals surface area contributed by atoms with Gasteiger partial charge < -0.3 is 9.47 Å². The Morgan fingerprint density at radius 3 is 1.81 bits per heavy atom. The van der Waals surface area contributed by atoms with Crippen LogP contribution in [0.1, 0.15) is 71.3 Å². The Hall–Kier alpha value is -1.84. The maximum Gasteiger partial charge on any atom is 0.320 e. The van der Waals surface area contributed by atoms with Crippen molar-refractivity contribution in [2.24, 2.45) is 11.8 Å². The van der Waals surface area contributed by atoms with Gasteiger partial charge in [0.05, 0.1) is 13.2 Å². The van der Waals surface area contributed by atoms with Crippen LogP contribution in [0.25, 0.3) is 0 Å². The fourth-order valence-corrected chi connectivity index (χ4v) is 2.91. The molecule has 1 aromatic carbocycles. The third-order valence-corrected chi connectivity index (χ3v) is 4.35. The van der Waals surface area contributed by atoms with Crippen LogP contribution in [-0.2, 0) is 19.1 Å². The molecule has 1 aromatic rings. The zero-order chi connectivity index (χ0) is 19.4. The highest BCUT2D eigenvalue weighted by Gasteiger charge is 2.38. The van der Waals surface area contributed by atoms with E-state index in [1.165, 1.54) is 0 Å². The monoisotopic (exact) mass is 362 g/mol. The fraction of sp³-hybridized carbons (Fsp3) is 0.636. The number of carbonyl (C=O) groups excluding carboxylic acids is 2. The first-order valence-corrected chi connectivity index (χ1v) is 9.89. The smallest absolute Gasteiger partial charge is 0.320 e. The van der Waals surface area contributed by atoms with Crippen LogP contribution in [0.2, 0.25) is 0 Å². The number of carbonyl (C=O) groups is 2. The van der Waals surface area contributed by atoms with Crippen molar-refractivity contribution in [3.63, 3.8) is 0 Å². The molecule has 0 saturated heterocycles. The van der Waals surface area contributed by atoms with Gasteiger partial charge in [0.1, 0.15) is 0 Å². The largest absolute Gasteiger partial charge is 0.465 e. The van der Waals surface area contributed by atoms with Crippen molar-refractivity contribution in [2.45, 2.75) is 65.7 Å². The molecule has 146 valence electrons. The average Bonchev–Trinajstić information content (AvgIpc) is 2.62. The molecule has 26 heavy (non-hydrogen) atoms.